The van der Waals surface area contributed by atoms with Gasteiger partial charge in [0.15, 0.2) is 0 Å². The zero-order valence-electron chi connectivity index (χ0n) is 9.92. The van der Waals surface area contributed by atoms with Crippen LogP contribution < -0.4 is 0 Å². The SMILES string of the molecule is O=C(O)c1ccc2nnn(-c3ccc(Cl)c(Br)c3)c2c1. The number of carboxylic acids is 1. The first-order chi connectivity index (χ1) is 9.56. The number of aromatic carboxylic acids is 1. The Morgan fingerprint density at radius 1 is 1.25 bits per heavy atom. The van der Waals surface area contributed by atoms with E-state index < -0.39 is 5.97 Å². The third kappa shape index (κ3) is 2.17. The zero-order chi connectivity index (χ0) is 14.3. The number of hydrogen-bond donors (Lipinski definition) is 1. The summed E-state index contributed by atoms with van der Waals surface area (Å²) >= 11 is 9.30. The van der Waals surface area contributed by atoms with E-state index in [1.807, 2.05) is 0 Å². The fraction of sp³-hybridized carbons (Fsp3) is 0. The molecule has 0 atom stereocenters. The molecule has 2 aromatic carbocycles. The van der Waals surface area contributed by atoms with Gasteiger partial charge in [0.1, 0.15) is 5.52 Å². The fourth-order valence-corrected chi connectivity index (χ4v) is 2.34. The molecule has 0 spiro atoms. The minimum absolute atomic E-state index is 0.189. The highest BCUT2D eigenvalue weighted by molar-refractivity contribution is 9.10. The molecule has 1 heterocycles. The third-order valence-corrected chi connectivity index (χ3v) is 4.05. The Balaban J connectivity index is 2.22. The first kappa shape index (κ1) is 13.1. The molecule has 0 saturated heterocycles. The number of aromatic nitrogens is 3. The molecule has 0 aliphatic rings. The normalized spacial score (nSPS) is 10.9. The van der Waals surface area contributed by atoms with Crippen LogP contribution in [0.3, 0.4) is 0 Å². The number of nitrogens with zero attached hydrogens (tertiary/aromatic N) is 3. The summed E-state index contributed by atoms with van der Waals surface area (Å²) in [5, 5.41) is 17.7. The second-order valence-corrected chi connectivity index (χ2v) is 5.37. The van der Waals surface area contributed by atoms with Crippen molar-refractivity contribution in [2.45, 2.75) is 0 Å². The average Bonchev–Trinajstić information content (AvgIpc) is 2.84. The Morgan fingerprint density at radius 2 is 2.05 bits per heavy atom. The number of carboxylic acid groups (broad SMARTS) is 1. The highest BCUT2D eigenvalue weighted by Crippen LogP contribution is 2.26. The lowest BCUT2D eigenvalue weighted by molar-refractivity contribution is 0.0697. The molecule has 0 bridgehead atoms. The fourth-order valence-electron chi connectivity index (χ4n) is 1.86. The number of benzene rings is 2. The predicted molar refractivity (Wildman–Crippen MR) is 78.5 cm³/mol. The minimum Gasteiger partial charge on any atom is -0.478 e. The lowest BCUT2D eigenvalue weighted by Crippen LogP contribution is -1.99. The van der Waals surface area contributed by atoms with Crippen molar-refractivity contribution in [3.05, 3.63) is 51.5 Å². The molecule has 0 aliphatic carbocycles. The van der Waals surface area contributed by atoms with Crippen molar-refractivity contribution in [2.24, 2.45) is 0 Å². The monoisotopic (exact) mass is 351 g/mol. The molecule has 0 aliphatic heterocycles. The first-order valence-corrected chi connectivity index (χ1v) is 6.77. The smallest absolute Gasteiger partial charge is 0.335 e. The van der Waals surface area contributed by atoms with Crippen molar-refractivity contribution >= 4 is 44.5 Å². The predicted octanol–water partition coefficient (Wildman–Crippen LogP) is 3.53. The van der Waals surface area contributed by atoms with Crippen LogP contribution in [0.5, 0.6) is 0 Å². The van der Waals surface area contributed by atoms with E-state index in [9.17, 15) is 4.79 Å². The van der Waals surface area contributed by atoms with Gasteiger partial charge in [-0.05, 0) is 52.3 Å². The van der Waals surface area contributed by atoms with E-state index in [1.165, 1.54) is 6.07 Å². The van der Waals surface area contributed by atoms with Crippen LogP contribution in [0.25, 0.3) is 16.7 Å². The van der Waals surface area contributed by atoms with Gasteiger partial charge in [0.2, 0.25) is 0 Å². The second kappa shape index (κ2) is 4.88. The van der Waals surface area contributed by atoms with Gasteiger partial charge >= 0.3 is 5.97 Å². The van der Waals surface area contributed by atoms with Gasteiger partial charge < -0.3 is 5.11 Å². The molecule has 0 unspecified atom stereocenters. The van der Waals surface area contributed by atoms with Crippen molar-refractivity contribution in [2.75, 3.05) is 0 Å². The maximum Gasteiger partial charge on any atom is 0.335 e. The molecule has 3 aromatic rings. The second-order valence-electron chi connectivity index (χ2n) is 4.11. The molecule has 1 N–H and O–H groups in total. The van der Waals surface area contributed by atoms with E-state index in [4.69, 9.17) is 16.7 Å². The van der Waals surface area contributed by atoms with Crippen LogP contribution in [-0.4, -0.2) is 26.1 Å². The van der Waals surface area contributed by atoms with Gasteiger partial charge in [-0.1, -0.05) is 16.8 Å². The Morgan fingerprint density at radius 3 is 2.75 bits per heavy atom. The molecule has 100 valence electrons. The van der Waals surface area contributed by atoms with E-state index >= 15 is 0 Å². The molecule has 7 heteroatoms. The van der Waals surface area contributed by atoms with E-state index in [2.05, 4.69) is 26.2 Å². The molecule has 0 fully saturated rings. The zero-order valence-corrected chi connectivity index (χ0v) is 12.3. The van der Waals surface area contributed by atoms with E-state index in [0.29, 0.717) is 16.1 Å². The number of carbonyl (C=O) groups is 1. The first-order valence-electron chi connectivity index (χ1n) is 5.60. The quantitative estimate of drug-likeness (QED) is 0.766. The number of halogens is 2. The molecule has 0 amide bonds. The highest BCUT2D eigenvalue weighted by atomic mass is 79.9. The van der Waals surface area contributed by atoms with E-state index in [0.717, 1.165) is 10.2 Å². The summed E-state index contributed by atoms with van der Waals surface area (Å²) in [6.45, 7) is 0. The summed E-state index contributed by atoms with van der Waals surface area (Å²) in [5.74, 6) is -0.989. The van der Waals surface area contributed by atoms with Gasteiger partial charge in [0.25, 0.3) is 0 Å². The van der Waals surface area contributed by atoms with Crippen LogP contribution >= 0.6 is 27.5 Å². The van der Waals surface area contributed by atoms with Gasteiger partial charge in [0, 0.05) is 4.47 Å². The van der Waals surface area contributed by atoms with Crippen LogP contribution in [0, 0.1) is 0 Å². The van der Waals surface area contributed by atoms with E-state index in [1.54, 1.807) is 35.0 Å². The topological polar surface area (TPSA) is 68.0 Å². The summed E-state index contributed by atoms with van der Waals surface area (Å²) in [4.78, 5) is 11.0. The molecule has 0 saturated carbocycles. The van der Waals surface area contributed by atoms with Crippen LogP contribution in [0.4, 0.5) is 0 Å². The van der Waals surface area contributed by atoms with Gasteiger partial charge in [-0.25, -0.2) is 9.48 Å². The molecular formula is C13H7BrClN3O2. The van der Waals surface area contributed by atoms with Crippen LogP contribution in [0.15, 0.2) is 40.9 Å². The summed E-state index contributed by atoms with van der Waals surface area (Å²) in [6.07, 6.45) is 0. The Kier molecular flexibility index (Phi) is 3.19. The Hall–Kier alpha value is -1.92. The lowest BCUT2D eigenvalue weighted by atomic mass is 10.2. The standard InChI is InChI=1S/C13H7BrClN3O2/c14-9-6-8(2-3-10(9)15)18-12-5-7(13(19)20)1-4-11(12)16-17-18/h1-6H,(H,19,20). The van der Waals surface area contributed by atoms with E-state index in [-0.39, 0.29) is 5.56 Å². The van der Waals surface area contributed by atoms with Gasteiger partial charge in [-0.15, -0.1) is 5.10 Å². The van der Waals surface area contributed by atoms with Gasteiger partial charge in [-0.3, -0.25) is 0 Å². The van der Waals surface area contributed by atoms with Gasteiger partial charge in [0.05, 0.1) is 21.8 Å². The molecule has 1 aromatic heterocycles. The molecule has 0 radical (unpaired) electrons. The summed E-state index contributed by atoms with van der Waals surface area (Å²) in [5.41, 5.74) is 2.18. The van der Waals surface area contributed by atoms with Gasteiger partial charge in [-0.2, -0.15) is 0 Å². The molecule has 5 nitrogen and oxygen atoms in total. The van der Waals surface area contributed by atoms with Crippen LogP contribution in [0.1, 0.15) is 10.4 Å². The average molecular weight is 353 g/mol. The van der Waals surface area contributed by atoms with Crippen molar-refractivity contribution < 1.29 is 9.90 Å². The summed E-state index contributed by atoms with van der Waals surface area (Å²) < 4.78 is 2.30. The maximum absolute atomic E-state index is 11.0. The highest BCUT2D eigenvalue weighted by Gasteiger charge is 2.11. The molecule has 20 heavy (non-hydrogen) atoms. The van der Waals surface area contributed by atoms with Crippen molar-refractivity contribution in [3.8, 4) is 5.69 Å². The molecular weight excluding hydrogens is 346 g/mol. The summed E-state index contributed by atoms with van der Waals surface area (Å²) in [7, 11) is 0. The minimum atomic E-state index is -0.989. The summed E-state index contributed by atoms with van der Waals surface area (Å²) in [6, 6.07) is 9.99. The number of rotatable bonds is 2. The van der Waals surface area contributed by atoms with Crippen LogP contribution in [0.2, 0.25) is 5.02 Å². The third-order valence-electron chi connectivity index (χ3n) is 2.84. The molecule has 3 rings (SSSR count). The van der Waals surface area contributed by atoms with Crippen molar-refractivity contribution in [3.63, 3.8) is 0 Å². The number of hydrogen-bond acceptors (Lipinski definition) is 3. The Bertz CT molecular complexity index is 832. The van der Waals surface area contributed by atoms with Crippen LogP contribution in [-0.2, 0) is 0 Å². The lowest BCUT2D eigenvalue weighted by Gasteiger charge is -2.04. The maximum atomic E-state index is 11.0. The van der Waals surface area contributed by atoms with Crippen molar-refractivity contribution in [1.82, 2.24) is 15.0 Å². The Labute approximate surface area is 126 Å². The largest absolute Gasteiger partial charge is 0.478 e. The number of fused-ring (bicyclic) bond motifs is 1. The van der Waals surface area contributed by atoms with Crippen molar-refractivity contribution in [1.29, 1.82) is 0 Å².